The van der Waals surface area contributed by atoms with Crippen molar-refractivity contribution < 1.29 is 58.2 Å². The Morgan fingerprint density at radius 1 is 1.03 bits per heavy atom. The standard InChI is InChI=1S/C28H40N2O6.C19H34O4S.C6H13NO.2C2H6.CH4O/c1-18-9-7-8-11-28(34)17-21(36-26(33)29-28)16-24(31)27(3,4)12-10-25(32)30(5)22-14-20(13-18)15-23(35-6)19(22)2;1-17(2,16(21)22-7)15-23-18(3,4)11-8-9-14-24-19(5,6)12-10-13-20;1-5(6(2)8)7(3)4;3*1-2/h7-9,14-15,21,24,31,34H,10-13,16-17H2,1-6H3,(H,29,33);8-9,13H,10-12,14-15H2,1-7H3;5H,1-4H3;2*1-2H3;2H,1H3/b8-7+,18-9+;9-8+;;;;/t21?,24?,28-;;;;;/m1...../s1. The molecule has 428 valence electrons. The molecule has 1 aromatic carbocycles. The van der Waals surface area contributed by atoms with E-state index in [9.17, 15) is 34.2 Å². The zero-order valence-corrected chi connectivity index (χ0v) is 50.8. The van der Waals surface area contributed by atoms with Crippen LogP contribution >= 0.6 is 11.8 Å². The lowest BCUT2D eigenvalue weighted by atomic mass is 9.78. The molecule has 1 saturated heterocycles. The van der Waals surface area contributed by atoms with Crippen molar-refractivity contribution in [2.24, 2.45) is 10.8 Å². The highest BCUT2D eigenvalue weighted by Gasteiger charge is 2.41. The minimum absolute atomic E-state index is 0.0617. The van der Waals surface area contributed by atoms with Crippen LogP contribution in [-0.4, -0.2) is 139 Å². The van der Waals surface area contributed by atoms with Crippen LogP contribution in [0.2, 0.25) is 0 Å². The number of anilines is 1. The first kappa shape index (κ1) is 74.2. The molecule has 0 spiro atoms. The minimum atomic E-state index is -1.46. The molecule has 0 saturated carbocycles. The van der Waals surface area contributed by atoms with Crippen LogP contribution in [0.3, 0.4) is 0 Å². The number of ketones is 1. The summed E-state index contributed by atoms with van der Waals surface area (Å²) in [7, 11) is 9.57. The van der Waals surface area contributed by atoms with E-state index in [2.05, 4.69) is 31.3 Å². The van der Waals surface area contributed by atoms with Crippen LogP contribution in [0.25, 0.3) is 0 Å². The molecular formula is C58H103N3O12S. The number of Topliss-reactive ketones (excluding diaryl/α,β-unsaturated/α-hetero) is 1. The molecule has 0 aliphatic carbocycles. The summed E-state index contributed by atoms with van der Waals surface area (Å²) in [5.41, 5.74) is 0.740. The van der Waals surface area contributed by atoms with Crippen molar-refractivity contribution in [1.29, 1.82) is 0 Å². The Hall–Kier alpha value is -4.06. The molecule has 74 heavy (non-hydrogen) atoms. The van der Waals surface area contributed by atoms with Gasteiger partial charge in [-0.2, -0.15) is 11.8 Å². The summed E-state index contributed by atoms with van der Waals surface area (Å²) in [5.74, 6) is 1.53. The largest absolute Gasteiger partial charge is 0.496 e. The van der Waals surface area contributed by atoms with Crippen molar-refractivity contribution in [3.63, 3.8) is 0 Å². The number of methoxy groups -OCH3 is 2. The predicted molar refractivity (Wildman–Crippen MR) is 305 cm³/mol. The third-order valence-electron chi connectivity index (χ3n) is 12.5. The van der Waals surface area contributed by atoms with Crippen LogP contribution in [0.4, 0.5) is 10.5 Å². The predicted octanol–water partition coefficient (Wildman–Crippen LogP) is 10.8. The van der Waals surface area contributed by atoms with Crippen molar-refractivity contribution >= 4 is 47.5 Å². The Morgan fingerprint density at radius 2 is 1.62 bits per heavy atom. The molecule has 3 unspecified atom stereocenters. The van der Waals surface area contributed by atoms with Crippen molar-refractivity contribution in [1.82, 2.24) is 10.2 Å². The summed E-state index contributed by atoms with van der Waals surface area (Å²) in [6, 6.07) is 4.07. The van der Waals surface area contributed by atoms with Crippen LogP contribution in [-0.2, 0) is 39.8 Å². The van der Waals surface area contributed by atoms with Crippen LogP contribution in [0.5, 0.6) is 5.75 Å². The third-order valence-corrected chi connectivity index (χ3v) is 13.8. The number of benzene rings is 1. The van der Waals surface area contributed by atoms with E-state index in [0.717, 1.165) is 60.1 Å². The first-order valence-electron chi connectivity index (χ1n) is 26.1. The number of esters is 1. The number of nitrogens with zero attached hydrogens (tertiary/aromatic N) is 2. The lowest BCUT2D eigenvalue weighted by Crippen LogP contribution is -2.56. The number of aldehydes is 1. The van der Waals surface area contributed by atoms with Gasteiger partial charge in [0.2, 0.25) is 5.91 Å². The number of aliphatic hydroxyl groups excluding tert-OH is 2. The minimum Gasteiger partial charge on any atom is -0.496 e. The van der Waals surface area contributed by atoms with Gasteiger partial charge in [-0.1, -0.05) is 91.3 Å². The quantitative estimate of drug-likeness (QED) is 0.0734. The highest BCUT2D eigenvalue weighted by molar-refractivity contribution is 8.00. The Labute approximate surface area is 452 Å². The van der Waals surface area contributed by atoms with E-state index in [1.54, 1.807) is 26.0 Å². The Morgan fingerprint density at radius 3 is 2.14 bits per heavy atom. The third kappa shape index (κ3) is 29.3. The molecule has 4 N–H and O–H groups in total. The van der Waals surface area contributed by atoms with Gasteiger partial charge in [0.15, 0.2) is 0 Å². The van der Waals surface area contributed by atoms with Crippen molar-refractivity contribution in [3.8, 4) is 5.75 Å². The summed E-state index contributed by atoms with van der Waals surface area (Å²) in [5, 5.41) is 31.5. The van der Waals surface area contributed by atoms with Crippen molar-refractivity contribution in [3.05, 3.63) is 59.2 Å². The van der Waals surface area contributed by atoms with Crippen LogP contribution in [0.1, 0.15) is 166 Å². The van der Waals surface area contributed by atoms with E-state index in [1.807, 2.05) is 151 Å². The van der Waals surface area contributed by atoms with E-state index in [1.165, 1.54) is 7.11 Å². The Bertz CT molecular complexity index is 1910. The Kier molecular flexibility index (Phi) is 36.9. The number of likely N-dealkylation sites (N-methyl/N-ethyl adjacent to an activating group) is 1. The number of amides is 2. The van der Waals surface area contributed by atoms with Gasteiger partial charge in [-0.15, -0.1) is 0 Å². The highest BCUT2D eigenvalue weighted by Crippen LogP contribution is 2.36. The fourth-order valence-corrected chi connectivity index (χ4v) is 8.11. The number of nitrogens with one attached hydrogen (secondary N) is 1. The fraction of sp³-hybridized carbons (Fsp3) is 0.707. The molecule has 4 bridgehead atoms. The second-order valence-electron chi connectivity index (χ2n) is 21.0. The highest BCUT2D eigenvalue weighted by atomic mass is 32.2. The Balaban J connectivity index is -0.00000114. The number of aliphatic hydroxyl groups is 3. The molecule has 15 nitrogen and oxygen atoms in total. The summed E-state index contributed by atoms with van der Waals surface area (Å²) < 4.78 is 21.8. The maximum atomic E-state index is 13.2. The molecular weight excluding hydrogens is 963 g/mol. The number of ether oxygens (including phenoxy) is 4. The zero-order chi connectivity index (χ0) is 58.3. The number of fused-ring (bicyclic) bond motifs is 4. The molecule has 2 heterocycles. The normalized spacial score (nSPS) is 20.7. The molecule has 2 amide bonds. The van der Waals surface area contributed by atoms with Crippen LogP contribution in [0.15, 0.2) is 48.1 Å². The molecule has 3 rings (SSSR count). The van der Waals surface area contributed by atoms with Crippen LogP contribution < -0.4 is 15.0 Å². The fourth-order valence-electron chi connectivity index (χ4n) is 7.16. The van der Waals surface area contributed by atoms with Gasteiger partial charge in [-0.25, -0.2) is 4.79 Å². The lowest BCUT2D eigenvalue weighted by molar-refractivity contribution is -0.157. The number of hydrogen-bond donors (Lipinski definition) is 4. The average molecular weight is 1070 g/mol. The first-order valence-corrected chi connectivity index (χ1v) is 27.1. The smallest absolute Gasteiger partial charge is 0.409 e. The van der Waals surface area contributed by atoms with Crippen LogP contribution in [0, 0.1) is 17.8 Å². The molecule has 16 heteroatoms. The lowest BCUT2D eigenvalue weighted by Gasteiger charge is -2.39. The molecule has 0 radical (unpaired) electrons. The van der Waals surface area contributed by atoms with E-state index in [4.69, 9.17) is 24.1 Å². The van der Waals surface area contributed by atoms with Gasteiger partial charge < -0.3 is 44.0 Å². The monoisotopic (exact) mass is 1070 g/mol. The number of carbonyl (C=O) groups is 5. The molecule has 1 aromatic rings. The number of alkyl carbamates (subject to hydrolysis) is 1. The van der Waals surface area contributed by atoms with E-state index < -0.39 is 34.9 Å². The first-order chi connectivity index (χ1) is 34.3. The number of rotatable bonds is 15. The van der Waals surface area contributed by atoms with E-state index in [0.29, 0.717) is 25.9 Å². The van der Waals surface area contributed by atoms with Crippen molar-refractivity contribution in [2.45, 2.75) is 203 Å². The molecule has 2 aliphatic heterocycles. The summed E-state index contributed by atoms with van der Waals surface area (Å²) in [6.45, 7) is 31.6. The zero-order valence-electron chi connectivity index (χ0n) is 49.9. The van der Waals surface area contributed by atoms with Gasteiger partial charge in [0.05, 0.1) is 49.7 Å². The summed E-state index contributed by atoms with van der Waals surface area (Å²) >= 11 is 1.85. The number of hydrogen-bond acceptors (Lipinski definition) is 14. The molecule has 2 aliphatic rings. The van der Waals surface area contributed by atoms with Gasteiger partial charge in [-0.05, 0) is 118 Å². The van der Waals surface area contributed by atoms with Gasteiger partial charge in [0.1, 0.15) is 29.6 Å². The van der Waals surface area contributed by atoms with Crippen molar-refractivity contribution in [2.75, 3.05) is 59.7 Å². The maximum absolute atomic E-state index is 13.2. The average Bonchev–Trinajstić information content (AvgIpc) is 3.34. The van der Waals surface area contributed by atoms with Gasteiger partial charge in [0, 0.05) is 62.3 Å². The summed E-state index contributed by atoms with van der Waals surface area (Å²) in [4.78, 5) is 61.6. The summed E-state index contributed by atoms with van der Waals surface area (Å²) in [6.07, 6.45) is 12.9. The molecule has 0 aromatic heterocycles. The number of allylic oxidation sites excluding steroid dienone is 3. The molecule has 1 fully saturated rings. The van der Waals surface area contributed by atoms with Gasteiger partial charge in [-0.3, -0.25) is 24.6 Å². The SMILES string of the molecule is CC.CC.CC(=O)C(C)N(C)C.CO.COC(=O)C(C)(C)COC(C)(C)C/C=C/CSC(C)(C)CCC=O.COc1cc2cc(c1C)N(C)C(=O)CCC(C)(C)C(O)CC1C[C@](O)(C/C=C/C=C(\C)C2)NC(=O)O1. The van der Waals surface area contributed by atoms with E-state index >= 15 is 0 Å². The van der Waals surface area contributed by atoms with Gasteiger partial charge >= 0.3 is 12.1 Å². The maximum Gasteiger partial charge on any atom is 0.409 e. The topological polar surface area (TPSA) is 201 Å². The van der Waals surface area contributed by atoms with Gasteiger partial charge in [0.25, 0.3) is 0 Å². The number of carbonyl (C=O) groups excluding carboxylic acids is 5. The van der Waals surface area contributed by atoms with E-state index in [-0.39, 0.29) is 59.7 Å². The molecule has 4 atom stereocenters. The second kappa shape index (κ2) is 36.8. The second-order valence-corrected chi connectivity index (χ2v) is 22.7. The number of thioether (sulfide) groups is 1.